The van der Waals surface area contributed by atoms with E-state index < -0.39 is 26.5 Å². The molecule has 0 fully saturated rings. The Morgan fingerprint density at radius 2 is 0.730 bits per heavy atom. The molecule has 0 aliphatic heterocycles. The maximum absolute atomic E-state index is 12.8. The van der Waals surface area contributed by atoms with E-state index in [1.807, 2.05) is 21.1 Å². The third-order valence-corrected chi connectivity index (χ3v) is 14.5. The third kappa shape index (κ3) is 59.0. The number of hydrogen-bond donors (Lipinski definition) is 0. The van der Waals surface area contributed by atoms with Crippen molar-refractivity contribution in [2.24, 2.45) is 0 Å². The second-order valence-electron chi connectivity index (χ2n) is 22.1. The van der Waals surface area contributed by atoms with Gasteiger partial charge in [0.05, 0.1) is 27.7 Å². The summed E-state index contributed by atoms with van der Waals surface area (Å²) in [7, 11) is 1.16. The lowest BCUT2D eigenvalue weighted by Crippen LogP contribution is -2.37. The van der Waals surface area contributed by atoms with E-state index in [0.29, 0.717) is 17.4 Å². The summed E-state index contributed by atoms with van der Waals surface area (Å²) in [5.74, 6) is -0.839. The number of unbranched alkanes of at least 4 members (excludes halogenated alkanes) is 33. The number of phosphoric acid groups is 1. The maximum atomic E-state index is 12.8. The maximum Gasteiger partial charge on any atom is 0.306 e. The van der Waals surface area contributed by atoms with Crippen molar-refractivity contribution in [2.75, 3.05) is 47.5 Å². The van der Waals surface area contributed by atoms with Gasteiger partial charge < -0.3 is 27.9 Å². The van der Waals surface area contributed by atoms with Crippen LogP contribution >= 0.6 is 7.82 Å². The van der Waals surface area contributed by atoms with Gasteiger partial charge in [-0.25, -0.2) is 0 Å². The molecular formula is C64H118NO8P. The van der Waals surface area contributed by atoms with Gasteiger partial charge in [0.1, 0.15) is 19.8 Å². The molecule has 0 bridgehead atoms. The van der Waals surface area contributed by atoms with Gasteiger partial charge in [0.15, 0.2) is 6.10 Å². The van der Waals surface area contributed by atoms with Crippen molar-refractivity contribution >= 4 is 19.8 Å². The zero-order valence-electron chi connectivity index (χ0n) is 49.0. The molecule has 0 rings (SSSR count). The predicted molar refractivity (Wildman–Crippen MR) is 314 cm³/mol. The van der Waals surface area contributed by atoms with E-state index in [4.69, 9.17) is 18.5 Å². The number of carbonyl (C=O) groups excluding carboxylic acids is 2. The van der Waals surface area contributed by atoms with Crippen LogP contribution in [0.3, 0.4) is 0 Å². The number of likely N-dealkylation sites (N-methyl/N-ethyl adjacent to an activating group) is 1. The van der Waals surface area contributed by atoms with E-state index in [1.165, 1.54) is 173 Å². The van der Waals surface area contributed by atoms with Crippen molar-refractivity contribution in [3.05, 3.63) is 60.8 Å². The minimum Gasteiger partial charge on any atom is -0.756 e. The molecule has 432 valence electrons. The van der Waals surface area contributed by atoms with Gasteiger partial charge in [0.25, 0.3) is 7.82 Å². The van der Waals surface area contributed by atoms with Crippen molar-refractivity contribution in [1.29, 1.82) is 0 Å². The number of phosphoric ester groups is 1. The number of allylic oxidation sites excluding steroid dienone is 10. The smallest absolute Gasteiger partial charge is 0.306 e. The molecule has 0 saturated heterocycles. The van der Waals surface area contributed by atoms with Crippen LogP contribution in [0.1, 0.15) is 284 Å². The normalized spacial score (nSPS) is 13.6. The minimum atomic E-state index is -4.64. The molecule has 9 nitrogen and oxygen atoms in total. The fourth-order valence-electron chi connectivity index (χ4n) is 8.69. The first kappa shape index (κ1) is 71.7. The Morgan fingerprint density at radius 3 is 1.11 bits per heavy atom. The van der Waals surface area contributed by atoms with Crippen LogP contribution < -0.4 is 4.89 Å². The van der Waals surface area contributed by atoms with Crippen LogP contribution in [-0.2, 0) is 32.7 Å². The van der Waals surface area contributed by atoms with Crippen molar-refractivity contribution in [2.45, 2.75) is 290 Å². The van der Waals surface area contributed by atoms with E-state index in [-0.39, 0.29) is 32.0 Å². The van der Waals surface area contributed by atoms with Crippen LogP contribution in [-0.4, -0.2) is 70.0 Å². The summed E-state index contributed by atoms with van der Waals surface area (Å²) in [5, 5.41) is 0. The highest BCUT2D eigenvalue weighted by molar-refractivity contribution is 7.45. The Kier molecular flexibility index (Phi) is 53.7. The van der Waals surface area contributed by atoms with Gasteiger partial charge in [-0.15, -0.1) is 0 Å². The largest absolute Gasteiger partial charge is 0.756 e. The van der Waals surface area contributed by atoms with Crippen LogP contribution in [0, 0.1) is 0 Å². The van der Waals surface area contributed by atoms with Crippen molar-refractivity contribution in [3.63, 3.8) is 0 Å². The van der Waals surface area contributed by atoms with Crippen LogP contribution in [0.25, 0.3) is 0 Å². The summed E-state index contributed by atoms with van der Waals surface area (Å²) in [6.07, 6.45) is 71.4. The minimum absolute atomic E-state index is 0.0343. The quantitative estimate of drug-likeness (QED) is 0.0195. The lowest BCUT2D eigenvalue weighted by molar-refractivity contribution is -0.870. The number of esters is 2. The van der Waals surface area contributed by atoms with Gasteiger partial charge >= 0.3 is 11.9 Å². The number of quaternary nitrogens is 1. The summed E-state index contributed by atoms with van der Waals surface area (Å²) >= 11 is 0. The molecule has 0 radical (unpaired) electrons. The number of carbonyl (C=O) groups is 2. The zero-order valence-corrected chi connectivity index (χ0v) is 49.9. The summed E-state index contributed by atoms with van der Waals surface area (Å²) in [6.45, 7) is 4.21. The molecule has 0 saturated carbocycles. The molecule has 0 aromatic heterocycles. The molecule has 0 heterocycles. The van der Waals surface area contributed by atoms with Crippen LogP contribution in [0.4, 0.5) is 0 Å². The molecule has 10 heteroatoms. The fraction of sp³-hybridized carbons (Fsp3) is 0.812. The van der Waals surface area contributed by atoms with Crippen molar-refractivity contribution < 1.29 is 42.1 Å². The summed E-state index contributed by atoms with van der Waals surface area (Å²) in [6, 6.07) is 0. The second kappa shape index (κ2) is 55.5. The SMILES string of the molecule is CCCCC/C=C\C/C=C\C/C=C\CCCCCCCCC(=O)OC(COC(=O)CCCCCCCCCCCCCCCCCCCCC/C=C\C/C=C\CCCCCCC)COP(=O)([O-])OCC[N+](C)(C)C. The Balaban J connectivity index is 4.06. The summed E-state index contributed by atoms with van der Waals surface area (Å²) < 4.78 is 34.2. The highest BCUT2D eigenvalue weighted by Gasteiger charge is 2.22. The Morgan fingerprint density at radius 1 is 0.419 bits per heavy atom. The molecule has 0 aliphatic rings. The average molecular weight is 1060 g/mol. The predicted octanol–water partition coefficient (Wildman–Crippen LogP) is 18.9. The molecule has 2 atom stereocenters. The zero-order chi connectivity index (χ0) is 54.2. The van der Waals surface area contributed by atoms with Crippen molar-refractivity contribution in [3.8, 4) is 0 Å². The molecule has 2 unspecified atom stereocenters. The molecule has 74 heavy (non-hydrogen) atoms. The average Bonchev–Trinajstić information content (AvgIpc) is 3.36. The number of hydrogen-bond acceptors (Lipinski definition) is 8. The fourth-order valence-corrected chi connectivity index (χ4v) is 9.42. The summed E-state index contributed by atoms with van der Waals surface area (Å²) in [5.41, 5.74) is 0. The van der Waals surface area contributed by atoms with Gasteiger partial charge in [0.2, 0.25) is 0 Å². The molecule has 0 spiro atoms. The first-order valence-corrected chi connectivity index (χ1v) is 32.5. The monoisotopic (exact) mass is 1060 g/mol. The first-order valence-electron chi connectivity index (χ1n) is 31.0. The van der Waals surface area contributed by atoms with Crippen molar-refractivity contribution in [1.82, 2.24) is 0 Å². The van der Waals surface area contributed by atoms with Gasteiger partial charge in [-0.3, -0.25) is 14.2 Å². The lowest BCUT2D eigenvalue weighted by Gasteiger charge is -2.28. The third-order valence-electron chi connectivity index (χ3n) is 13.5. The molecule has 0 aliphatic carbocycles. The standard InChI is InChI=1S/C64H118NO8P/c1-6-8-10-12-14-16-18-20-22-24-26-27-28-29-30-31-32-33-34-35-36-37-39-40-42-44-46-48-50-52-54-56-63(66)70-60-62(61-72-74(68,69)71-59-58-65(3,4)5)73-64(67)57-55-53-51-49-47-45-43-41-38-25-23-21-19-17-15-13-11-9-7-2/h15,17-18,20-21,23-24,26,38,41,62H,6-14,16,19,22,25,27-37,39-40,42-61H2,1-5H3/b17-15-,20-18-,23-21-,26-24-,41-38-. The topological polar surface area (TPSA) is 111 Å². The van der Waals surface area contributed by atoms with E-state index in [0.717, 1.165) is 77.0 Å². The lowest BCUT2D eigenvalue weighted by atomic mass is 10.0. The molecule has 0 aromatic carbocycles. The van der Waals surface area contributed by atoms with Crippen LogP contribution in [0.2, 0.25) is 0 Å². The molecule has 0 aromatic rings. The molecule has 0 amide bonds. The van der Waals surface area contributed by atoms with Gasteiger partial charge in [0, 0.05) is 12.8 Å². The summed E-state index contributed by atoms with van der Waals surface area (Å²) in [4.78, 5) is 37.9. The second-order valence-corrected chi connectivity index (χ2v) is 23.5. The molecular weight excluding hydrogens is 942 g/mol. The highest BCUT2D eigenvalue weighted by Crippen LogP contribution is 2.38. The molecule has 0 N–H and O–H groups in total. The van der Waals surface area contributed by atoms with E-state index in [2.05, 4.69) is 74.6 Å². The van der Waals surface area contributed by atoms with Crippen LogP contribution in [0.15, 0.2) is 60.8 Å². The van der Waals surface area contributed by atoms with Gasteiger partial charge in [-0.1, -0.05) is 248 Å². The van der Waals surface area contributed by atoms with Gasteiger partial charge in [-0.05, 0) is 83.5 Å². The van der Waals surface area contributed by atoms with E-state index in [1.54, 1.807) is 0 Å². The highest BCUT2D eigenvalue weighted by atomic mass is 31.2. The Bertz CT molecular complexity index is 1430. The van der Waals surface area contributed by atoms with Crippen LogP contribution in [0.5, 0.6) is 0 Å². The number of ether oxygens (including phenoxy) is 2. The number of nitrogens with zero attached hydrogens (tertiary/aromatic N) is 1. The first-order chi connectivity index (χ1) is 36.0. The van der Waals surface area contributed by atoms with E-state index in [9.17, 15) is 19.0 Å². The number of rotatable bonds is 57. The van der Waals surface area contributed by atoms with E-state index >= 15 is 0 Å². The Labute approximate surface area is 457 Å². The van der Waals surface area contributed by atoms with Gasteiger partial charge in [-0.2, -0.15) is 0 Å². The Hall–Kier alpha value is -2.29.